The van der Waals surface area contributed by atoms with E-state index in [9.17, 15) is 19.8 Å². The Morgan fingerprint density at radius 1 is 1.31 bits per heavy atom. The van der Waals surface area contributed by atoms with Gasteiger partial charge in [-0.1, -0.05) is 42.5 Å². The normalized spacial score (nSPS) is 21.8. The van der Waals surface area contributed by atoms with Crippen molar-refractivity contribution in [1.29, 1.82) is 0 Å². The third-order valence-electron chi connectivity index (χ3n) is 4.97. The van der Waals surface area contributed by atoms with Gasteiger partial charge in [-0.05, 0) is 29.1 Å². The van der Waals surface area contributed by atoms with Crippen molar-refractivity contribution in [1.82, 2.24) is 0 Å². The number of carboxylic acid groups (broad SMARTS) is 1. The van der Waals surface area contributed by atoms with Crippen LogP contribution in [0.1, 0.15) is 24.0 Å². The van der Waals surface area contributed by atoms with Gasteiger partial charge in [-0.15, -0.1) is 18.3 Å². The van der Waals surface area contributed by atoms with Gasteiger partial charge in [0.05, 0.1) is 36.4 Å². The first-order valence-corrected chi connectivity index (χ1v) is 12.9. The van der Waals surface area contributed by atoms with Crippen molar-refractivity contribution in [3.63, 3.8) is 0 Å². The van der Waals surface area contributed by atoms with Crippen molar-refractivity contribution in [3.8, 4) is 0 Å². The maximum absolute atomic E-state index is 12.3. The fourth-order valence-corrected chi connectivity index (χ4v) is 5.70. The van der Waals surface area contributed by atoms with Crippen LogP contribution in [0.5, 0.6) is 0 Å². The van der Waals surface area contributed by atoms with Crippen molar-refractivity contribution < 1.29 is 29.6 Å². The van der Waals surface area contributed by atoms with Crippen molar-refractivity contribution in [3.05, 3.63) is 60.2 Å². The standard InChI is InChI=1S/C24H32O6S2/c1-2-9-30-15-18-6-3-5-17(12-18)13-19(25)7-8-20-21(26)14-22(27)24(20)32-11-4-10-31-16-23(28)29/h2-3,5-8,12,19-21,24-26H,1,4,9-11,13-16H2,(H,28,29)/b8-7+/t19?,20-,21+,24+/m0/s1. The van der Waals surface area contributed by atoms with E-state index >= 15 is 0 Å². The number of carbonyl (C=O) groups excluding carboxylic acids is 1. The van der Waals surface area contributed by atoms with Crippen molar-refractivity contribution >= 4 is 35.3 Å². The average molecular weight is 481 g/mol. The zero-order chi connectivity index (χ0) is 23.3. The molecule has 0 aliphatic heterocycles. The summed E-state index contributed by atoms with van der Waals surface area (Å²) in [6.45, 7) is 4.59. The molecule has 0 heterocycles. The highest BCUT2D eigenvalue weighted by Gasteiger charge is 2.40. The molecular weight excluding hydrogens is 448 g/mol. The minimum atomic E-state index is -0.826. The van der Waals surface area contributed by atoms with Crippen LogP contribution >= 0.6 is 23.5 Å². The van der Waals surface area contributed by atoms with E-state index in [0.29, 0.717) is 19.6 Å². The fraction of sp³-hybridized carbons (Fsp3) is 0.500. The van der Waals surface area contributed by atoms with Gasteiger partial charge in [-0.25, -0.2) is 0 Å². The van der Waals surface area contributed by atoms with Crippen LogP contribution in [0.4, 0.5) is 0 Å². The molecule has 3 N–H and O–H groups in total. The molecule has 32 heavy (non-hydrogen) atoms. The molecule has 0 radical (unpaired) electrons. The number of ether oxygens (including phenoxy) is 1. The van der Waals surface area contributed by atoms with Crippen molar-refractivity contribution in [2.75, 3.05) is 23.9 Å². The van der Waals surface area contributed by atoms with Crippen LogP contribution in [0.15, 0.2) is 49.1 Å². The highest BCUT2D eigenvalue weighted by Crippen LogP contribution is 2.34. The molecule has 1 aliphatic rings. The van der Waals surface area contributed by atoms with E-state index in [1.165, 1.54) is 23.5 Å². The van der Waals surface area contributed by atoms with Gasteiger partial charge < -0.3 is 20.1 Å². The Morgan fingerprint density at radius 2 is 2.09 bits per heavy atom. The van der Waals surface area contributed by atoms with Crippen molar-refractivity contribution in [2.24, 2.45) is 5.92 Å². The van der Waals surface area contributed by atoms with Gasteiger partial charge in [-0.3, -0.25) is 9.59 Å². The van der Waals surface area contributed by atoms with Crippen LogP contribution < -0.4 is 0 Å². The fourth-order valence-electron chi connectivity index (χ4n) is 3.51. The molecule has 6 nitrogen and oxygen atoms in total. The topological polar surface area (TPSA) is 104 Å². The molecule has 0 aromatic heterocycles. The lowest BCUT2D eigenvalue weighted by Crippen LogP contribution is -2.22. The highest BCUT2D eigenvalue weighted by molar-refractivity contribution is 8.01. The summed E-state index contributed by atoms with van der Waals surface area (Å²) in [5.74, 6) is 0.403. The molecule has 0 saturated heterocycles. The number of carboxylic acids is 1. The second-order valence-corrected chi connectivity index (χ2v) is 10.0. The molecule has 176 valence electrons. The van der Waals surface area contributed by atoms with Crippen LogP contribution in [-0.4, -0.2) is 68.4 Å². The molecule has 1 saturated carbocycles. The SMILES string of the molecule is C=CCOCc1cccc(CC(O)/C=C/[C@H]2[C@H](O)CC(=O)[C@@H]2SCCCSCC(=O)O)c1. The first-order valence-electron chi connectivity index (χ1n) is 10.7. The van der Waals surface area contributed by atoms with Crippen LogP contribution in [0.3, 0.4) is 0 Å². The Kier molecular flexibility index (Phi) is 12.1. The molecular formula is C24H32O6S2. The van der Waals surface area contributed by atoms with Gasteiger partial charge >= 0.3 is 5.97 Å². The van der Waals surface area contributed by atoms with Gasteiger partial charge in [0.25, 0.3) is 0 Å². The van der Waals surface area contributed by atoms with E-state index in [1.807, 2.05) is 24.3 Å². The maximum Gasteiger partial charge on any atom is 0.313 e. The number of ketones is 1. The second-order valence-electron chi connectivity index (χ2n) is 7.69. The predicted octanol–water partition coefficient (Wildman–Crippen LogP) is 3.11. The van der Waals surface area contributed by atoms with Crippen LogP contribution in [0.25, 0.3) is 0 Å². The molecule has 0 spiro atoms. The maximum atomic E-state index is 12.3. The smallest absolute Gasteiger partial charge is 0.313 e. The van der Waals surface area contributed by atoms with Crippen LogP contribution in [0.2, 0.25) is 0 Å². The summed E-state index contributed by atoms with van der Waals surface area (Å²) in [4.78, 5) is 22.8. The van der Waals surface area contributed by atoms with Gasteiger partial charge in [0.1, 0.15) is 5.78 Å². The molecule has 4 atom stereocenters. The third-order valence-corrected chi connectivity index (χ3v) is 7.46. The summed E-state index contributed by atoms with van der Waals surface area (Å²) < 4.78 is 5.46. The molecule has 1 fully saturated rings. The highest BCUT2D eigenvalue weighted by atomic mass is 32.2. The molecule has 1 aromatic carbocycles. The summed E-state index contributed by atoms with van der Waals surface area (Å²) >= 11 is 2.87. The lowest BCUT2D eigenvalue weighted by Gasteiger charge is -2.17. The number of aliphatic hydroxyl groups is 2. The zero-order valence-corrected chi connectivity index (χ0v) is 19.7. The van der Waals surface area contributed by atoms with E-state index in [1.54, 1.807) is 18.2 Å². The number of hydrogen-bond acceptors (Lipinski definition) is 7. The predicted molar refractivity (Wildman–Crippen MR) is 130 cm³/mol. The number of benzene rings is 1. The number of hydrogen-bond donors (Lipinski definition) is 3. The third kappa shape index (κ3) is 9.50. The molecule has 1 unspecified atom stereocenters. The molecule has 0 bridgehead atoms. The number of rotatable bonds is 15. The van der Waals surface area contributed by atoms with E-state index in [4.69, 9.17) is 9.84 Å². The van der Waals surface area contributed by atoms with Gasteiger partial charge in [0.15, 0.2) is 0 Å². The first-order chi connectivity index (χ1) is 15.4. The largest absolute Gasteiger partial charge is 0.481 e. The molecule has 1 aliphatic carbocycles. The van der Waals surface area contributed by atoms with Gasteiger partial charge in [0.2, 0.25) is 0 Å². The lowest BCUT2D eigenvalue weighted by atomic mass is 10.0. The van der Waals surface area contributed by atoms with E-state index in [0.717, 1.165) is 29.1 Å². The monoisotopic (exact) mass is 480 g/mol. The number of aliphatic hydroxyl groups excluding tert-OH is 2. The molecule has 2 rings (SSSR count). The minimum Gasteiger partial charge on any atom is -0.481 e. The summed E-state index contributed by atoms with van der Waals surface area (Å²) in [7, 11) is 0. The Hall–Kier alpha value is -1.58. The Morgan fingerprint density at radius 3 is 2.84 bits per heavy atom. The van der Waals surface area contributed by atoms with Crippen molar-refractivity contribution in [2.45, 2.75) is 43.3 Å². The van der Waals surface area contributed by atoms with Crippen LogP contribution in [0, 0.1) is 5.92 Å². The number of Topliss-reactive ketones (excluding diaryl/α,β-unsaturated/α-hetero) is 1. The average Bonchev–Trinajstić information content (AvgIpc) is 3.01. The summed E-state index contributed by atoms with van der Waals surface area (Å²) in [6, 6.07) is 7.84. The quantitative estimate of drug-likeness (QED) is 0.260. The minimum absolute atomic E-state index is 0.0251. The Labute approximate surface area is 198 Å². The molecule has 8 heteroatoms. The molecule has 0 amide bonds. The first kappa shape index (κ1) is 26.7. The van der Waals surface area contributed by atoms with E-state index < -0.39 is 18.2 Å². The summed E-state index contributed by atoms with van der Waals surface area (Å²) in [5.41, 5.74) is 2.00. The molecule has 1 aromatic rings. The Bertz CT molecular complexity index is 782. The summed E-state index contributed by atoms with van der Waals surface area (Å²) in [5, 5.41) is 29.1. The van der Waals surface area contributed by atoms with Crippen LogP contribution in [-0.2, 0) is 27.4 Å². The van der Waals surface area contributed by atoms with E-state index in [2.05, 4.69) is 6.58 Å². The second kappa shape index (κ2) is 14.5. The van der Waals surface area contributed by atoms with Gasteiger partial charge in [-0.2, -0.15) is 11.8 Å². The number of thioether (sulfide) groups is 2. The lowest BCUT2D eigenvalue weighted by molar-refractivity contribution is -0.133. The number of aliphatic carboxylic acids is 1. The Balaban J connectivity index is 1.84. The van der Waals surface area contributed by atoms with E-state index in [-0.39, 0.29) is 29.1 Å². The number of carbonyl (C=O) groups is 2. The summed E-state index contributed by atoms with van der Waals surface area (Å²) in [6.07, 6.45) is 5.04. The zero-order valence-electron chi connectivity index (χ0n) is 18.1. The van der Waals surface area contributed by atoms with Gasteiger partial charge in [0, 0.05) is 18.8 Å².